The van der Waals surface area contributed by atoms with Crippen LogP contribution in [-0.4, -0.2) is 21.0 Å². The minimum absolute atomic E-state index is 0.509. The number of rotatable bonds is 5. The van der Waals surface area contributed by atoms with Crippen LogP contribution in [0, 0.1) is 25.7 Å². The van der Waals surface area contributed by atoms with Crippen molar-refractivity contribution >= 4 is 5.97 Å². The van der Waals surface area contributed by atoms with E-state index in [0.29, 0.717) is 12.3 Å². The van der Waals surface area contributed by atoms with Crippen LogP contribution in [0.5, 0.6) is 0 Å². The third-order valence-corrected chi connectivity index (χ3v) is 7.01. The molecule has 154 valence electrons. The van der Waals surface area contributed by atoms with Gasteiger partial charge in [0, 0.05) is 23.3 Å². The van der Waals surface area contributed by atoms with Crippen molar-refractivity contribution in [3.8, 4) is 11.1 Å². The van der Waals surface area contributed by atoms with Gasteiger partial charge in [-0.2, -0.15) is 0 Å². The van der Waals surface area contributed by atoms with Crippen molar-refractivity contribution in [1.82, 2.24) is 9.97 Å². The molecule has 29 heavy (non-hydrogen) atoms. The van der Waals surface area contributed by atoms with E-state index in [2.05, 4.69) is 18.0 Å². The normalized spacial score (nSPS) is 21.9. The second-order valence-corrected chi connectivity index (χ2v) is 8.99. The minimum atomic E-state index is -0.741. The summed E-state index contributed by atoms with van der Waals surface area (Å²) in [4.78, 5) is 21.6. The van der Waals surface area contributed by atoms with E-state index < -0.39 is 11.9 Å². The largest absolute Gasteiger partial charge is 0.481 e. The topological polar surface area (TPSA) is 63.1 Å². The standard InChI is InChI=1S/C25H32N2O2/c1-4-7-20(25(28)29)23-16(3)27-22-14-18-9-6-5-8-17(18)13-21(22)24(23)19-10-11-26-15(2)12-19/h10-12,17-18,20H,4-9,13-14H2,1-3H3,(H,28,29). The average molecular weight is 393 g/mol. The summed E-state index contributed by atoms with van der Waals surface area (Å²) >= 11 is 0. The molecule has 2 aromatic heterocycles. The van der Waals surface area contributed by atoms with Crippen LogP contribution < -0.4 is 0 Å². The molecule has 3 atom stereocenters. The molecule has 2 aliphatic carbocycles. The summed E-state index contributed by atoms with van der Waals surface area (Å²) in [5, 5.41) is 10.1. The van der Waals surface area contributed by atoms with Crippen LogP contribution in [-0.2, 0) is 17.6 Å². The van der Waals surface area contributed by atoms with E-state index in [1.54, 1.807) is 0 Å². The van der Waals surface area contributed by atoms with Gasteiger partial charge >= 0.3 is 5.97 Å². The summed E-state index contributed by atoms with van der Waals surface area (Å²) in [5.74, 6) is 0.206. The molecule has 3 unspecified atom stereocenters. The van der Waals surface area contributed by atoms with Gasteiger partial charge in [-0.15, -0.1) is 0 Å². The van der Waals surface area contributed by atoms with E-state index in [9.17, 15) is 9.90 Å². The fourth-order valence-corrected chi connectivity index (χ4v) is 5.68. The van der Waals surface area contributed by atoms with Crippen molar-refractivity contribution in [3.63, 3.8) is 0 Å². The summed E-state index contributed by atoms with van der Waals surface area (Å²) < 4.78 is 0. The second-order valence-electron chi connectivity index (χ2n) is 8.99. The van der Waals surface area contributed by atoms with Gasteiger partial charge in [0.1, 0.15) is 0 Å². The molecule has 2 aromatic rings. The molecule has 4 nitrogen and oxygen atoms in total. The number of aryl methyl sites for hydroxylation is 2. The maximum Gasteiger partial charge on any atom is 0.311 e. The quantitative estimate of drug-likeness (QED) is 0.716. The Hall–Kier alpha value is -2.23. The average Bonchev–Trinajstić information content (AvgIpc) is 2.70. The molecule has 0 spiro atoms. The zero-order chi connectivity index (χ0) is 20.5. The lowest BCUT2D eigenvalue weighted by Crippen LogP contribution is -2.30. The van der Waals surface area contributed by atoms with Crippen molar-refractivity contribution < 1.29 is 9.90 Å². The van der Waals surface area contributed by atoms with Gasteiger partial charge in [0.15, 0.2) is 0 Å². The van der Waals surface area contributed by atoms with Crippen LogP contribution in [0.3, 0.4) is 0 Å². The molecule has 1 fully saturated rings. The Labute approximate surface area is 173 Å². The smallest absolute Gasteiger partial charge is 0.311 e. The number of aliphatic carboxylic acids is 1. The van der Waals surface area contributed by atoms with Gasteiger partial charge in [-0.1, -0.05) is 26.2 Å². The van der Waals surface area contributed by atoms with Gasteiger partial charge < -0.3 is 5.11 Å². The summed E-state index contributed by atoms with van der Waals surface area (Å²) in [6.07, 6.45) is 10.7. The molecule has 4 rings (SSSR count). The number of nitrogens with zero attached hydrogens (tertiary/aromatic N) is 2. The number of fused-ring (bicyclic) bond motifs is 2. The highest BCUT2D eigenvalue weighted by Crippen LogP contribution is 2.45. The van der Waals surface area contributed by atoms with Crippen LogP contribution in [0.4, 0.5) is 0 Å². The summed E-state index contributed by atoms with van der Waals surface area (Å²) in [7, 11) is 0. The lowest BCUT2D eigenvalue weighted by atomic mass is 9.68. The Bertz CT molecular complexity index is 921. The monoisotopic (exact) mass is 392 g/mol. The molecule has 0 radical (unpaired) electrons. The van der Waals surface area contributed by atoms with Gasteiger partial charge in [-0.25, -0.2) is 0 Å². The lowest BCUT2D eigenvalue weighted by molar-refractivity contribution is -0.139. The van der Waals surface area contributed by atoms with Crippen molar-refractivity contribution in [2.45, 2.75) is 78.1 Å². The van der Waals surface area contributed by atoms with Gasteiger partial charge in [0.05, 0.1) is 5.92 Å². The molecule has 1 N–H and O–H groups in total. The van der Waals surface area contributed by atoms with E-state index in [4.69, 9.17) is 4.98 Å². The molecule has 1 saturated carbocycles. The molecule has 2 heterocycles. The molecular formula is C25H32N2O2. The number of carbonyl (C=O) groups is 1. The zero-order valence-electron chi connectivity index (χ0n) is 17.9. The van der Waals surface area contributed by atoms with Crippen LogP contribution in [0.15, 0.2) is 18.3 Å². The van der Waals surface area contributed by atoms with Gasteiger partial charge in [0.25, 0.3) is 0 Å². The van der Waals surface area contributed by atoms with Gasteiger partial charge in [0.2, 0.25) is 0 Å². The molecule has 4 heteroatoms. The van der Waals surface area contributed by atoms with Gasteiger partial charge in [-0.3, -0.25) is 14.8 Å². The Morgan fingerprint density at radius 1 is 1.21 bits per heavy atom. The van der Waals surface area contributed by atoms with E-state index >= 15 is 0 Å². The number of carboxylic acid groups (broad SMARTS) is 1. The summed E-state index contributed by atoms with van der Waals surface area (Å²) in [6.45, 7) is 6.06. The van der Waals surface area contributed by atoms with Crippen LogP contribution >= 0.6 is 0 Å². The number of pyridine rings is 2. The van der Waals surface area contributed by atoms with Crippen LogP contribution in [0.2, 0.25) is 0 Å². The first kappa shape index (κ1) is 20.1. The molecule has 0 saturated heterocycles. The van der Waals surface area contributed by atoms with Crippen molar-refractivity contribution in [2.75, 3.05) is 0 Å². The number of carboxylic acids is 1. The van der Waals surface area contributed by atoms with Crippen LogP contribution in [0.1, 0.15) is 79.6 Å². The SMILES string of the molecule is CCCC(C(=O)O)c1c(C)nc2c(c1-c1ccnc(C)c1)CC1CCCCC1C2. The lowest BCUT2D eigenvalue weighted by Gasteiger charge is -2.38. The van der Waals surface area contributed by atoms with E-state index in [1.807, 2.05) is 26.1 Å². The van der Waals surface area contributed by atoms with E-state index in [1.165, 1.54) is 36.9 Å². The number of hydrogen-bond donors (Lipinski definition) is 1. The fourth-order valence-electron chi connectivity index (χ4n) is 5.68. The molecule has 0 bridgehead atoms. The molecule has 0 aromatic carbocycles. The van der Waals surface area contributed by atoms with Crippen LogP contribution in [0.25, 0.3) is 11.1 Å². The van der Waals surface area contributed by atoms with Gasteiger partial charge in [-0.05, 0) is 92.2 Å². The Morgan fingerprint density at radius 2 is 1.93 bits per heavy atom. The Balaban J connectivity index is 1.95. The molecule has 2 aliphatic rings. The van der Waals surface area contributed by atoms with Crippen molar-refractivity contribution in [3.05, 3.63) is 46.5 Å². The molecule has 0 amide bonds. The third kappa shape index (κ3) is 3.82. The Kier molecular flexibility index (Phi) is 5.71. The molecular weight excluding hydrogens is 360 g/mol. The first-order chi connectivity index (χ1) is 14.0. The van der Waals surface area contributed by atoms with E-state index in [-0.39, 0.29) is 0 Å². The third-order valence-electron chi connectivity index (χ3n) is 7.01. The maximum atomic E-state index is 12.2. The first-order valence-electron chi connectivity index (χ1n) is 11.2. The first-order valence-corrected chi connectivity index (χ1v) is 11.2. The molecule has 0 aliphatic heterocycles. The van der Waals surface area contributed by atoms with Crippen molar-refractivity contribution in [2.24, 2.45) is 11.8 Å². The highest BCUT2D eigenvalue weighted by Gasteiger charge is 2.36. The number of hydrogen-bond acceptors (Lipinski definition) is 3. The van der Waals surface area contributed by atoms with E-state index in [0.717, 1.165) is 53.3 Å². The highest BCUT2D eigenvalue weighted by atomic mass is 16.4. The maximum absolute atomic E-state index is 12.2. The Morgan fingerprint density at radius 3 is 2.59 bits per heavy atom. The zero-order valence-corrected chi connectivity index (χ0v) is 17.9. The summed E-state index contributed by atoms with van der Waals surface area (Å²) in [5.41, 5.74) is 7.54. The fraction of sp³-hybridized carbons (Fsp3) is 0.560. The minimum Gasteiger partial charge on any atom is -0.481 e. The second kappa shape index (κ2) is 8.25. The summed E-state index contributed by atoms with van der Waals surface area (Å²) in [6, 6.07) is 4.15. The predicted octanol–water partition coefficient (Wildman–Crippen LogP) is 5.63. The number of aromatic nitrogens is 2. The predicted molar refractivity (Wildman–Crippen MR) is 115 cm³/mol. The van der Waals surface area contributed by atoms with Crippen molar-refractivity contribution in [1.29, 1.82) is 0 Å². The highest BCUT2D eigenvalue weighted by molar-refractivity contribution is 5.83.